The molecule has 0 radical (unpaired) electrons. The van der Waals surface area contributed by atoms with Crippen molar-refractivity contribution in [3.63, 3.8) is 0 Å². The number of nitriles is 1. The summed E-state index contributed by atoms with van der Waals surface area (Å²) in [4.78, 5) is 6.09. The van der Waals surface area contributed by atoms with Crippen LogP contribution in [-0.4, -0.2) is 18.6 Å². The van der Waals surface area contributed by atoms with Crippen LogP contribution in [0.5, 0.6) is 0 Å². The third kappa shape index (κ3) is 1.69. The lowest BCUT2D eigenvalue weighted by atomic mass is 10.1. The van der Waals surface area contributed by atoms with E-state index in [1.54, 1.807) is 12.4 Å². The van der Waals surface area contributed by atoms with Crippen molar-refractivity contribution in [2.45, 2.75) is 12.8 Å². The monoisotopic (exact) mass is 187 g/mol. The minimum Gasteiger partial charge on any atom is -0.373 e. The molecular weight excluding hydrogens is 174 g/mol. The van der Waals surface area contributed by atoms with Gasteiger partial charge in [0.1, 0.15) is 0 Å². The summed E-state index contributed by atoms with van der Waals surface area (Å²) in [7, 11) is 2.02. The standard InChI is InChI=1S/C11H13N3/c1-14(9-11(8-12)4-5-11)10-2-6-13-7-3-10/h2-3,6-7H,4-5,9H2,1H3. The molecule has 0 N–H and O–H groups in total. The molecule has 0 saturated heterocycles. The normalized spacial score (nSPS) is 17.1. The van der Waals surface area contributed by atoms with E-state index in [0.29, 0.717) is 0 Å². The van der Waals surface area contributed by atoms with Crippen molar-refractivity contribution in [3.05, 3.63) is 24.5 Å². The molecule has 3 heteroatoms. The minimum atomic E-state index is -0.0714. The van der Waals surface area contributed by atoms with E-state index in [-0.39, 0.29) is 5.41 Å². The highest BCUT2D eigenvalue weighted by Crippen LogP contribution is 2.45. The minimum absolute atomic E-state index is 0.0714. The van der Waals surface area contributed by atoms with Crippen LogP contribution in [0.15, 0.2) is 24.5 Å². The third-order valence-corrected chi connectivity index (χ3v) is 2.73. The zero-order valence-electron chi connectivity index (χ0n) is 8.27. The fourth-order valence-electron chi connectivity index (χ4n) is 1.60. The molecule has 1 aliphatic rings. The summed E-state index contributed by atoms with van der Waals surface area (Å²) >= 11 is 0. The van der Waals surface area contributed by atoms with Gasteiger partial charge in [-0.25, -0.2) is 0 Å². The molecule has 0 amide bonds. The number of hydrogen-bond acceptors (Lipinski definition) is 3. The molecule has 1 aliphatic carbocycles. The molecule has 2 rings (SSSR count). The predicted molar refractivity (Wildman–Crippen MR) is 54.8 cm³/mol. The van der Waals surface area contributed by atoms with E-state index < -0.39 is 0 Å². The molecule has 14 heavy (non-hydrogen) atoms. The van der Waals surface area contributed by atoms with Crippen molar-refractivity contribution in [3.8, 4) is 6.07 Å². The lowest BCUT2D eigenvalue weighted by Crippen LogP contribution is -2.25. The summed E-state index contributed by atoms with van der Waals surface area (Å²) < 4.78 is 0. The van der Waals surface area contributed by atoms with Gasteiger partial charge in [0.15, 0.2) is 0 Å². The Bertz CT molecular complexity index is 349. The Morgan fingerprint density at radius 3 is 2.64 bits per heavy atom. The van der Waals surface area contributed by atoms with Gasteiger partial charge in [-0.3, -0.25) is 4.98 Å². The average Bonchev–Trinajstić information content (AvgIpc) is 3.00. The Balaban J connectivity index is 2.04. The first-order valence-electron chi connectivity index (χ1n) is 4.78. The van der Waals surface area contributed by atoms with Crippen LogP contribution in [0, 0.1) is 16.7 Å². The van der Waals surface area contributed by atoms with Gasteiger partial charge < -0.3 is 4.90 Å². The highest BCUT2D eigenvalue weighted by atomic mass is 15.1. The lowest BCUT2D eigenvalue weighted by Gasteiger charge is -2.21. The van der Waals surface area contributed by atoms with Crippen LogP contribution in [0.4, 0.5) is 5.69 Å². The number of hydrogen-bond donors (Lipinski definition) is 0. The zero-order chi connectivity index (χ0) is 10.0. The smallest absolute Gasteiger partial charge is 0.0749 e. The van der Waals surface area contributed by atoms with Crippen molar-refractivity contribution in [2.24, 2.45) is 5.41 Å². The quantitative estimate of drug-likeness (QED) is 0.724. The summed E-state index contributed by atoms with van der Waals surface area (Å²) in [6, 6.07) is 6.33. The van der Waals surface area contributed by atoms with Crippen LogP contribution in [0.25, 0.3) is 0 Å². The van der Waals surface area contributed by atoms with E-state index in [2.05, 4.69) is 16.0 Å². The molecule has 3 nitrogen and oxygen atoms in total. The Kier molecular flexibility index (Phi) is 2.12. The van der Waals surface area contributed by atoms with E-state index in [1.165, 1.54) is 0 Å². The Labute approximate surface area is 84.0 Å². The van der Waals surface area contributed by atoms with E-state index >= 15 is 0 Å². The fourth-order valence-corrected chi connectivity index (χ4v) is 1.60. The first-order valence-corrected chi connectivity index (χ1v) is 4.78. The molecule has 1 aromatic heterocycles. The number of anilines is 1. The van der Waals surface area contributed by atoms with Crippen LogP contribution in [-0.2, 0) is 0 Å². The molecule has 0 atom stereocenters. The van der Waals surface area contributed by atoms with Gasteiger partial charge in [-0.05, 0) is 25.0 Å². The van der Waals surface area contributed by atoms with Crippen molar-refractivity contribution >= 4 is 5.69 Å². The molecule has 0 bridgehead atoms. The molecule has 0 aromatic carbocycles. The topological polar surface area (TPSA) is 39.9 Å². The molecule has 1 heterocycles. The Morgan fingerprint density at radius 1 is 1.50 bits per heavy atom. The van der Waals surface area contributed by atoms with Gasteiger partial charge in [-0.1, -0.05) is 0 Å². The SMILES string of the molecule is CN(CC1(C#N)CC1)c1ccncc1. The fraction of sp³-hybridized carbons (Fsp3) is 0.455. The van der Waals surface area contributed by atoms with E-state index in [0.717, 1.165) is 25.1 Å². The number of rotatable bonds is 3. The second kappa shape index (κ2) is 3.30. The van der Waals surface area contributed by atoms with Gasteiger partial charge in [0, 0.05) is 31.7 Å². The zero-order valence-corrected chi connectivity index (χ0v) is 8.27. The molecule has 72 valence electrons. The van der Waals surface area contributed by atoms with E-state index in [9.17, 15) is 0 Å². The second-order valence-electron chi connectivity index (χ2n) is 3.95. The molecule has 0 aliphatic heterocycles. The lowest BCUT2D eigenvalue weighted by molar-refractivity contribution is 0.653. The van der Waals surface area contributed by atoms with Crippen LogP contribution < -0.4 is 4.90 Å². The molecule has 1 saturated carbocycles. The van der Waals surface area contributed by atoms with E-state index in [1.807, 2.05) is 19.2 Å². The van der Waals surface area contributed by atoms with Gasteiger partial charge >= 0.3 is 0 Å². The van der Waals surface area contributed by atoms with Crippen LogP contribution >= 0.6 is 0 Å². The third-order valence-electron chi connectivity index (χ3n) is 2.73. The summed E-state index contributed by atoms with van der Waals surface area (Å²) in [6.07, 6.45) is 5.63. The van der Waals surface area contributed by atoms with Gasteiger partial charge in [-0.2, -0.15) is 5.26 Å². The first kappa shape index (κ1) is 9.01. The Hall–Kier alpha value is -1.56. The van der Waals surface area contributed by atoms with E-state index in [4.69, 9.17) is 5.26 Å². The van der Waals surface area contributed by atoms with Crippen molar-refractivity contribution in [1.29, 1.82) is 5.26 Å². The largest absolute Gasteiger partial charge is 0.373 e. The highest BCUT2D eigenvalue weighted by molar-refractivity contribution is 5.44. The summed E-state index contributed by atoms with van der Waals surface area (Å²) in [5.41, 5.74) is 1.06. The summed E-state index contributed by atoms with van der Waals surface area (Å²) in [5.74, 6) is 0. The van der Waals surface area contributed by atoms with Gasteiger partial charge in [0.25, 0.3) is 0 Å². The highest BCUT2D eigenvalue weighted by Gasteiger charge is 2.44. The number of aromatic nitrogens is 1. The second-order valence-corrected chi connectivity index (χ2v) is 3.95. The summed E-state index contributed by atoms with van der Waals surface area (Å²) in [5, 5.41) is 8.96. The maximum Gasteiger partial charge on any atom is 0.0749 e. The maximum absolute atomic E-state index is 8.96. The predicted octanol–water partition coefficient (Wildman–Crippen LogP) is 1.82. The van der Waals surface area contributed by atoms with Crippen molar-refractivity contribution < 1.29 is 0 Å². The molecule has 1 fully saturated rings. The van der Waals surface area contributed by atoms with Gasteiger partial charge in [0.05, 0.1) is 11.5 Å². The number of nitrogens with zero attached hydrogens (tertiary/aromatic N) is 3. The van der Waals surface area contributed by atoms with Crippen LogP contribution in [0.2, 0.25) is 0 Å². The van der Waals surface area contributed by atoms with Gasteiger partial charge in [0.2, 0.25) is 0 Å². The van der Waals surface area contributed by atoms with Crippen molar-refractivity contribution in [1.82, 2.24) is 4.98 Å². The first-order chi connectivity index (χ1) is 6.76. The number of pyridine rings is 1. The van der Waals surface area contributed by atoms with Gasteiger partial charge in [-0.15, -0.1) is 0 Å². The summed E-state index contributed by atoms with van der Waals surface area (Å²) in [6.45, 7) is 0.827. The molecular formula is C11H13N3. The molecule has 0 spiro atoms. The molecule has 0 unspecified atom stereocenters. The van der Waals surface area contributed by atoms with Crippen LogP contribution in [0.1, 0.15) is 12.8 Å². The van der Waals surface area contributed by atoms with Crippen LogP contribution in [0.3, 0.4) is 0 Å². The Morgan fingerprint density at radius 2 is 2.14 bits per heavy atom. The van der Waals surface area contributed by atoms with Crippen molar-refractivity contribution in [2.75, 3.05) is 18.5 Å². The molecule has 1 aromatic rings. The maximum atomic E-state index is 8.96. The average molecular weight is 187 g/mol.